The first-order valence-corrected chi connectivity index (χ1v) is 29.8. The van der Waals surface area contributed by atoms with Crippen LogP contribution < -0.4 is 36.0 Å². The highest BCUT2D eigenvalue weighted by Crippen LogP contribution is 2.50. The lowest BCUT2D eigenvalue weighted by Crippen LogP contribution is -2.61. The van der Waals surface area contributed by atoms with Crippen molar-refractivity contribution in [3.05, 3.63) is 234 Å². The molecular formula is C76H83BN4. The normalized spacial score (nSPS) is 13.2. The van der Waals surface area contributed by atoms with Crippen LogP contribution >= 0.6 is 0 Å². The van der Waals surface area contributed by atoms with E-state index < -0.39 is 0 Å². The van der Waals surface area contributed by atoms with Crippen LogP contribution in [0, 0.1) is 0 Å². The highest BCUT2D eigenvalue weighted by Gasteiger charge is 2.45. The topological polar surface area (TPSA) is 13.0 Å². The maximum absolute atomic E-state index is 2.61. The molecule has 0 saturated carbocycles. The standard InChI is InChI=1S/C76H83BN4/c1-14-15-16-19-24-53-29-38-62(39-30-53)81-69-50-64(78(58-25-20-17-21-26-58)59-27-22-18-23-28-59)46-47-66(69)77-67-49-57(76(11,12)13)37-48-68(67)80(63-44-35-56(36-45-63)75(8,9)10)70-51-65(52-71(81)72(70)77)79(60-40-31-54(32-41-60)73(2,3)4)61-42-33-55(34-43-61)74(5,6)7/h17-18,20-23,25-52H,14-16,19,24H2,1-13H3. The van der Waals surface area contributed by atoms with Crippen molar-refractivity contribution < 1.29 is 0 Å². The van der Waals surface area contributed by atoms with Crippen molar-refractivity contribution in [2.24, 2.45) is 0 Å². The molecule has 2 heterocycles. The van der Waals surface area contributed by atoms with Crippen molar-refractivity contribution in [2.45, 2.75) is 144 Å². The molecule has 0 N–H and O–H groups in total. The monoisotopic (exact) mass is 1060 g/mol. The molecule has 0 saturated heterocycles. The van der Waals surface area contributed by atoms with Gasteiger partial charge in [-0.2, -0.15) is 0 Å². The number of fused-ring (bicyclic) bond motifs is 4. The van der Waals surface area contributed by atoms with Gasteiger partial charge in [0.15, 0.2) is 0 Å². The minimum Gasteiger partial charge on any atom is -0.311 e. The van der Waals surface area contributed by atoms with Crippen molar-refractivity contribution in [3.63, 3.8) is 0 Å². The molecule has 4 nitrogen and oxygen atoms in total. The van der Waals surface area contributed by atoms with Gasteiger partial charge in [-0.25, -0.2) is 0 Å². The zero-order valence-corrected chi connectivity index (χ0v) is 50.5. The lowest BCUT2D eigenvalue weighted by molar-refractivity contribution is 0.590. The van der Waals surface area contributed by atoms with Crippen LogP contribution in [0.5, 0.6) is 0 Å². The maximum Gasteiger partial charge on any atom is 0.252 e. The van der Waals surface area contributed by atoms with Gasteiger partial charge >= 0.3 is 0 Å². The summed E-state index contributed by atoms with van der Waals surface area (Å²) in [7, 11) is 0. The van der Waals surface area contributed by atoms with Gasteiger partial charge in [-0.1, -0.05) is 212 Å². The quantitative estimate of drug-likeness (QED) is 0.0843. The summed E-state index contributed by atoms with van der Waals surface area (Å²) in [6.07, 6.45) is 6.02. The SMILES string of the molecule is CCCCCCc1ccc(N2c3cc(N(c4ccccc4)c4ccccc4)ccc3B3c4cc(C(C)(C)C)ccc4N(c4ccc(C(C)(C)C)cc4)c4cc(N(c5ccc(C(C)(C)C)cc5)c5ccc(C(C)(C)C)cc5)cc2c43)cc1. The second kappa shape index (κ2) is 21.6. The first-order chi connectivity index (χ1) is 38.7. The van der Waals surface area contributed by atoms with E-state index >= 15 is 0 Å². The van der Waals surface area contributed by atoms with Gasteiger partial charge in [-0.15, -0.1) is 0 Å². The van der Waals surface area contributed by atoms with Gasteiger partial charge in [0.1, 0.15) is 0 Å². The molecule has 0 radical (unpaired) electrons. The third-order valence-electron chi connectivity index (χ3n) is 16.9. The lowest BCUT2D eigenvalue weighted by atomic mass is 9.33. The molecule has 11 rings (SSSR count). The second-order valence-electron chi connectivity index (χ2n) is 27.0. The van der Waals surface area contributed by atoms with Crippen LogP contribution in [0.4, 0.5) is 68.2 Å². The van der Waals surface area contributed by atoms with Gasteiger partial charge in [0.05, 0.1) is 5.69 Å². The third-order valence-corrected chi connectivity index (χ3v) is 16.9. The number of nitrogens with zero attached hydrogens (tertiary/aromatic N) is 4. The largest absolute Gasteiger partial charge is 0.311 e. The maximum atomic E-state index is 2.61. The van der Waals surface area contributed by atoms with Gasteiger partial charge in [-0.05, 0) is 182 Å². The molecule has 0 aromatic heterocycles. The molecule has 0 atom stereocenters. The Kier molecular flexibility index (Phi) is 14.7. The van der Waals surface area contributed by atoms with Gasteiger partial charge in [0, 0.05) is 62.6 Å². The number of benzene rings is 9. The Hall–Kier alpha value is -7.76. The summed E-state index contributed by atoms with van der Waals surface area (Å²) in [5.41, 5.74) is 24.1. The predicted octanol–water partition coefficient (Wildman–Crippen LogP) is 20.0. The van der Waals surface area contributed by atoms with E-state index in [1.54, 1.807) is 0 Å². The molecule has 0 aliphatic carbocycles. The molecule has 0 spiro atoms. The van der Waals surface area contributed by atoms with Crippen molar-refractivity contribution in [1.29, 1.82) is 0 Å². The summed E-state index contributed by atoms with van der Waals surface area (Å²) in [5, 5.41) is 0. The summed E-state index contributed by atoms with van der Waals surface area (Å²) in [6.45, 7) is 30.0. The zero-order valence-electron chi connectivity index (χ0n) is 50.5. The highest BCUT2D eigenvalue weighted by atomic mass is 15.2. The van der Waals surface area contributed by atoms with Crippen LogP contribution in [0.25, 0.3) is 0 Å². The van der Waals surface area contributed by atoms with Crippen LogP contribution in [0.15, 0.2) is 206 Å². The van der Waals surface area contributed by atoms with E-state index in [0.717, 1.165) is 51.9 Å². The third kappa shape index (κ3) is 11.0. The molecule has 2 aliphatic rings. The summed E-state index contributed by atoms with van der Waals surface area (Å²) < 4.78 is 0. The molecular weight excluding hydrogens is 980 g/mol. The van der Waals surface area contributed by atoms with Crippen molar-refractivity contribution in [1.82, 2.24) is 0 Å². The zero-order chi connectivity index (χ0) is 57.0. The molecule has 0 fully saturated rings. The molecule has 0 amide bonds. The second-order valence-corrected chi connectivity index (χ2v) is 27.0. The van der Waals surface area contributed by atoms with E-state index in [1.165, 1.54) is 92.6 Å². The Bertz CT molecular complexity index is 3550. The van der Waals surface area contributed by atoms with E-state index in [0.29, 0.717) is 0 Å². The van der Waals surface area contributed by atoms with E-state index in [1.807, 2.05) is 0 Å². The fourth-order valence-electron chi connectivity index (χ4n) is 12.2. The number of hydrogen-bond acceptors (Lipinski definition) is 4. The lowest BCUT2D eigenvalue weighted by Gasteiger charge is -2.45. The highest BCUT2D eigenvalue weighted by molar-refractivity contribution is 7.00. The fraction of sp³-hybridized carbons (Fsp3) is 0.289. The number of anilines is 12. The van der Waals surface area contributed by atoms with E-state index in [9.17, 15) is 0 Å². The minimum absolute atomic E-state index is 0.000406. The molecule has 2 aliphatic heterocycles. The number of aryl methyl sites for hydroxylation is 1. The molecule has 9 aromatic rings. The Balaban J connectivity index is 1.24. The van der Waals surface area contributed by atoms with Crippen molar-refractivity contribution in [2.75, 3.05) is 19.6 Å². The van der Waals surface area contributed by atoms with Crippen LogP contribution in [0.1, 0.15) is 144 Å². The number of hydrogen-bond donors (Lipinski definition) is 0. The van der Waals surface area contributed by atoms with Crippen molar-refractivity contribution in [3.8, 4) is 0 Å². The summed E-state index contributed by atoms with van der Waals surface area (Å²) in [5.74, 6) is 0. The van der Waals surface area contributed by atoms with Gasteiger partial charge < -0.3 is 19.6 Å². The first kappa shape index (κ1) is 55.2. The summed E-state index contributed by atoms with van der Waals surface area (Å²) in [4.78, 5) is 10.1. The number of para-hydroxylation sites is 2. The average Bonchev–Trinajstić information content (AvgIpc) is 3.57. The van der Waals surface area contributed by atoms with E-state index in [4.69, 9.17) is 0 Å². The molecule has 5 heteroatoms. The van der Waals surface area contributed by atoms with Crippen LogP contribution in [-0.2, 0) is 28.1 Å². The Morgan fingerprint density at radius 3 is 1.22 bits per heavy atom. The Morgan fingerprint density at radius 1 is 0.333 bits per heavy atom. The number of unbranched alkanes of at least 4 members (excludes halogenated alkanes) is 3. The molecule has 0 unspecified atom stereocenters. The van der Waals surface area contributed by atoms with Crippen LogP contribution in [0.2, 0.25) is 0 Å². The summed E-state index contributed by atoms with van der Waals surface area (Å²) in [6, 6.07) is 79.0. The van der Waals surface area contributed by atoms with Crippen LogP contribution in [0.3, 0.4) is 0 Å². The summed E-state index contributed by atoms with van der Waals surface area (Å²) >= 11 is 0. The smallest absolute Gasteiger partial charge is 0.252 e. The molecule has 0 bridgehead atoms. The van der Waals surface area contributed by atoms with Gasteiger partial charge in [0.2, 0.25) is 0 Å². The van der Waals surface area contributed by atoms with Gasteiger partial charge in [-0.3, -0.25) is 0 Å². The molecule has 9 aromatic carbocycles. The Labute approximate surface area is 486 Å². The Morgan fingerprint density at radius 2 is 0.741 bits per heavy atom. The van der Waals surface area contributed by atoms with Crippen molar-refractivity contribution >= 4 is 91.3 Å². The van der Waals surface area contributed by atoms with E-state index in [2.05, 4.69) is 316 Å². The van der Waals surface area contributed by atoms with Crippen LogP contribution in [-0.4, -0.2) is 6.71 Å². The minimum atomic E-state index is -0.0860. The first-order valence-electron chi connectivity index (χ1n) is 29.8. The van der Waals surface area contributed by atoms with E-state index in [-0.39, 0.29) is 28.4 Å². The number of rotatable bonds is 13. The average molecular weight is 1060 g/mol. The van der Waals surface area contributed by atoms with Gasteiger partial charge in [0.25, 0.3) is 6.71 Å². The predicted molar refractivity (Wildman–Crippen MR) is 352 cm³/mol. The molecule has 410 valence electrons. The fourth-order valence-corrected chi connectivity index (χ4v) is 12.2. The molecule has 81 heavy (non-hydrogen) atoms.